The maximum Gasteiger partial charge on any atom is 0.282 e. The number of morpholine rings is 1. The summed E-state index contributed by atoms with van der Waals surface area (Å²) in [7, 11) is 1.67. The first-order valence-electron chi connectivity index (χ1n) is 10.3. The van der Waals surface area contributed by atoms with Gasteiger partial charge in [0.25, 0.3) is 5.91 Å². The Balaban J connectivity index is 1.56. The van der Waals surface area contributed by atoms with Crippen LogP contribution in [-0.4, -0.2) is 45.4 Å². The van der Waals surface area contributed by atoms with E-state index in [-0.39, 0.29) is 18.0 Å². The quantitative estimate of drug-likeness (QED) is 0.717. The maximum atomic E-state index is 12.7. The number of nitrogens with one attached hydrogen (secondary N) is 1. The number of rotatable bonds is 8. The first-order chi connectivity index (χ1) is 14.1. The van der Waals surface area contributed by atoms with Crippen molar-refractivity contribution in [1.82, 2.24) is 0 Å². The molecule has 3 rings (SSSR count). The Morgan fingerprint density at radius 1 is 1.14 bits per heavy atom. The summed E-state index contributed by atoms with van der Waals surface area (Å²) in [4.78, 5) is 15.0. The van der Waals surface area contributed by atoms with Crippen LogP contribution in [0.4, 0.5) is 11.4 Å². The van der Waals surface area contributed by atoms with E-state index in [1.807, 2.05) is 31.2 Å². The van der Waals surface area contributed by atoms with Crippen LogP contribution in [0, 0.1) is 0 Å². The van der Waals surface area contributed by atoms with Gasteiger partial charge in [0, 0.05) is 36.4 Å². The van der Waals surface area contributed by atoms with E-state index < -0.39 is 0 Å². The van der Waals surface area contributed by atoms with Gasteiger partial charge in [0.05, 0.1) is 20.3 Å². The van der Waals surface area contributed by atoms with E-state index in [1.54, 1.807) is 7.11 Å². The molecule has 0 spiro atoms. The van der Waals surface area contributed by atoms with E-state index >= 15 is 0 Å². The molecule has 0 bridgehead atoms. The van der Waals surface area contributed by atoms with Crippen molar-refractivity contribution in [2.75, 3.05) is 43.6 Å². The number of hydrogen-bond acceptors (Lipinski definition) is 4. The van der Waals surface area contributed by atoms with E-state index in [2.05, 4.69) is 46.7 Å². The lowest BCUT2D eigenvalue weighted by Crippen LogP contribution is -2.92. The van der Waals surface area contributed by atoms with Gasteiger partial charge in [0.2, 0.25) is 0 Å². The molecule has 156 valence electrons. The first-order valence-corrected chi connectivity index (χ1v) is 10.3. The van der Waals surface area contributed by atoms with Crippen molar-refractivity contribution in [2.45, 2.75) is 32.4 Å². The second-order valence-corrected chi connectivity index (χ2v) is 7.40. The monoisotopic (exact) mass is 398 g/mol. The van der Waals surface area contributed by atoms with E-state index in [4.69, 9.17) is 9.47 Å². The van der Waals surface area contributed by atoms with Gasteiger partial charge in [-0.1, -0.05) is 6.92 Å². The summed E-state index contributed by atoms with van der Waals surface area (Å²) in [5, 5.41) is 5.16. The van der Waals surface area contributed by atoms with Gasteiger partial charge in [0.15, 0.2) is 6.04 Å². The zero-order valence-electron chi connectivity index (χ0n) is 17.6. The highest BCUT2D eigenvalue weighted by molar-refractivity contribution is 5.93. The molecular weight excluding hydrogens is 366 g/mol. The minimum atomic E-state index is -0.194. The van der Waals surface area contributed by atoms with Crippen LogP contribution in [0.5, 0.6) is 5.75 Å². The Hall–Kier alpha value is -2.57. The molecule has 2 aromatic rings. The molecule has 2 aromatic carbocycles. The molecular formula is C23H32N3O3+. The lowest BCUT2D eigenvalue weighted by Gasteiger charge is -2.29. The van der Waals surface area contributed by atoms with Gasteiger partial charge < -0.3 is 25.0 Å². The number of amides is 1. The third kappa shape index (κ3) is 5.71. The Labute approximate surface area is 173 Å². The normalized spacial score (nSPS) is 16.2. The molecule has 6 heteroatoms. The van der Waals surface area contributed by atoms with Gasteiger partial charge in [-0.25, -0.2) is 0 Å². The number of carbonyl (C=O) groups is 1. The lowest BCUT2D eigenvalue weighted by atomic mass is 10.0. The second kappa shape index (κ2) is 10.3. The summed E-state index contributed by atoms with van der Waals surface area (Å²) < 4.78 is 10.6. The van der Waals surface area contributed by atoms with E-state index in [0.717, 1.165) is 49.8 Å². The molecule has 1 fully saturated rings. The molecule has 3 N–H and O–H groups in total. The minimum absolute atomic E-state index is 0.0103. The summed E-state index contributed by atoms with van der Waals surface area (Å²) in [6.07, 6.45) is 0.943. The number of carbonyl (C=O) groups excluding carboxylic acids is 1. The highest BCUT2D eigenvalue weighted by Gasteiger charge is 2.22. The number of ether oxygens (including phenoxy) is 2. The molecule has 0 unspecified atom stereocenters. The highest BCUT2D eigenvalue weighted by atomic mass is 16.5. The zero-order valence-corrected chi connectivity index (χ0v) is 17.6. The number of quaternary nitrogens is 1. The van der Waals surface area contributed by atoms with E-state index in [9.17, 15) is 4.79 Å². The van der Waals surface area contributed by atoms with Crippen LogP contribution in [0.1, 0.15) is 31.9 Å². The van der Waals surface area contributed by atoms with Crippen LogP contribution in [0.3, 0.4) is 0 Å². The fourth-order valence-corrected chi connectivity index (χ4v) is 3.60. The van der Waals surface area contributed by atoms with Crippen molar-refractivity contribution in [3.05, 3.63) is 54.1 Å². The predicted molar refractivity (Wildman–Crippen MR) is 116 cm³/mol. The zero-order chi connectivity index (χ0) is 20.6. The van der Waals surface area contributed by atoms with Crippen LogP contribution in [0.2, 0.25) is 0 Å². The van der Waals surface area contributed by atoms with Crippen LogP contribution in [-0.2, 0) is 9.53 Å². The molecule has 1 aliphatic heterocycles. The third-order valence-corrected chi connectivity index (χ3v) is 5.43. The van der Waals surface area contributed by atoms with Gasteiger partial charge in [-0.15, -0.1) is 0 Å². The van der Waals surface area contributed by atoms with Crippen molar-refractivity contribution < 1.29 is 19.6 Å². The third-order valence-electron chi connectivity index (χ3n) is 5.43. The van der Waals surface area contributed by atoms with E-state index in [0.29, 0.717) is 0 Å². The molecule has 1 aliphatic rings. The van der Waals surface area contributed by atoms with Crippen LogP contribution >= 0.6 is 0 Å². The summed E-state index contributed by atoms with van der Waals surface area (Å²) in [5.74, 6) is 0.853. The molecule has 0 saturated carbocycles. The summed E-state index contributed by atoms with van der Waals surface area (Å²) in [5.41, 5.74) is 3.18. The van der Waals surface area contributed by atoms with Crippen molar-refractivity contribution in [3.8, 4) is 5.75 Å². The topological polar surface area (TPSA) is 67.4 Å². The molecule has 0 aromatic heterocycles. The second-order valence-electron chi connectivity index (χ2n) is 7.40. The van der Waals surface area contributed by atoms with Gasteiger partial charge in [0.1, 0.15) is 11.8 Å². The van der Waals surface area contributed by atoms with Crippen LogP contribution in [0.25, 0.3) is 0 Å². The summed E-state index contributed by atoms with van der Waals surface area (Å²) in [6.45, 7) is 7.42. The standard InChI is InChI=1S/C23H31N3O3/c1-4-22(18-5-11-21(28-3)12-6-18)24-17(2)23(27)25-19-7-9-20(10-8-19)26-13-15-29-16-14-26/h5-12,17,22,24H,4,13-16H2,1-3H3,(H,25,27)/p+1/t17-,22+/m0/s1. The summed E-state index contributed by atoms with van der Waals surface area (Å²) in [6, 6.07) is 16.2. The van der Waals surface area contributed by atoms with E-state index in [1.165, 1.54) is 5.56 Å². The molecule has 1 saturated heterocycles. The molecule has 29 heavy (non-hydrogen) atoms. The number of benzene rings is 2. The van der Waals surface area contributed by atoms with Gasteiger partial charge >= 0.3 is 0 Å². The molecule has 2 atom stereocenters. The number of anilines is 2. The predicted octanol–water partition coefficient (Wildman–Crippen LogP) is 2.57. The first kappa shape index (κ1) is 21.1. The highest BCUT2D eigenvalue weighted by Crippen LogP contribution is 2.20. The van der Waals surface area contributed by atoms with Crippen molar-refractivity contribution in [2.24, 2.45) is 0 Å². The largest absolute Gasteiger partial charge is 0.497 e. The van der Waals surface area contributed by atoms with Gasteiger partial charge in [-0.05, 0) is 55.5 Å². The molecule has 1 heterocycles. The van der Waals surface area contributed by atoms with Crippen molar-refractivity contribution in [1.29, 1.82) is 0 Å². The summed E-state index contributed by atoms with van der Waals surface area (Å²) >= 11 is 0. The maximum absolute atomic E-state index is 12.7. The molecule has 0 aliphatic carbocycles. The fraction of sp³-hybridized carbons (Fsp3) is 0.435. The number of methoxy groups -OCH3 is 1. The Morgan fingerprint density at radius 2 is 1.79 bits per heavy atom. The van der Waals surface area contributed by atoms with Crippen molar-refractivity contribution >= 4 is 17.3 Å². The minimum Gasteiger partial charge on any atom is -0.497 e. The molecule has 6 nitrogen and oxygen atoms in total. The number of hydrogen-bond donors (Lipinski definition) is 2. The number of nitrogens with two attached hydrogens (primary N) is 1. The smallest absolute Gasteiger partial charge is 0.282 e. The Kier molecular flexibility index (Phi) is 7.49. The lowest BCUT2D eigenvalue weighted by molar-refractivity contribution is -0.713. The molecule has 1 amide bonds. The van der Waals surface area contributed by atoms with Gasteiger partial charge in [-0.2, -0.15) is 0 Å². The van der Waals surface area contributed by atoms with Crippen LogP contribution < -0.4 is 20.3 Å². The Bertz CT molecular complexity index is 771. The van der Waals surface area contributed by atoms with Gasteiger partial charge in [-0.3, -0.25) is 4.79 Å². The molecule has 0 radical (unpaired) electrons. The fourth-order valence-electron chi connectivity index (χ4n) is 3.60. The van der Waals surface area contributed by atoms with Crippen LogP contribution in [0.15, 0.2) is 48.5 Å². The Morgan fingerprint density at radius 3 is 2.38 bits per heavy atom. The average molecular weight is 399 g/mol. The SMILES string of the molecule is CC[C@@H]([NH2+][C@@H](C)C(=O)Nc1ccc(N2CCOCC2)cc1)c1ccc(OC)cc1. The number of nitrogens with zero attached hydrogens (tertiary/aromatic N) is 1. The average Bonchev–Trinajstić information content (AvgIpc) is 2.78. The van der Waals surface area contributed by atoms with Crippen molar-refractivity contribution in [3.63, 3.8) is 0 Å².